The number of benzene rings is 1. The van der Waals surface area contributed by atoms with Crippen LogP contribution in [0.1, 0.15) is 37.2 Å². The van der Waals surface area contributed by atoms with E-state index in [2.05, 4.69) is 4.98 Å². The number of rotatable bonds is 2. The van der Waals surface area contributed by atoms with E-state index < -0.39 is 5.97 Å². The van der Waals surface area contributed by atoms with E-state index >= 15 is 0 Å². The molecule has 0 saturated heterocycles. The van der Waals surface area contributed by atoms with Crippen LogP contribution in [0, 0.1) is 0 Å². The van der Waals surface area contributed by atoms with Gasteiger partial charge < -0.3 is 9.52 Å². The van der Waals surface area contributed by atoms with Gasteiger partial charge in [0.2, 0.25) is 5.89 Å². The number of aromatic carboxylic acids is 1. The predicted molar refractivity (Wildman–Crippen MR) is 67.6 cm³/mol. The molecule has 2 rings (SSSR count). The molecule has 0 saturated carbocycles. The average molecular weight is 245 g/mol. The number of carboxylic acid groups (broad SMARTS) is 1. The van der Waals surface area contributed by atoms with Gasteiger partial charge in [-0.05, 0) is 0 Å². The molecule has 0 aliphatic carbocycles. The van der Waals surface area contributed by atoms with Gasteiger partial charge in [-0.3, -0.25) is 0 Å². The van der Waals surface area contributed by atoms with Crippen molar-refractivity contribution in [2.45, 2.75) is 26.2 Å². The van der Waals surface area contributed by atoms with E-state index in [1.165, 1.54) is 0 Å². The Kier molecular flexibility index (Phi) is 2.95. The monoisotopic (exact) mass is 245 g/mol. The van der Waals surface area contributed by atoms with Crippen LogP contribution in [0.2, 0.25) is 0 Å². The van der Waals surface area contributed by atoms with E-state index in [1.807, 2.05) is 39.0 Å². The molecule has 18 heavy (non-hydrogen) atoms. The maximum absolute atomic E-state index is 11.2. The largest absolute Gasteiger partial charge is 0.476 e. The summed E-state index contributed by atoms with van der Waals surface area (Å²) in [6, 6.07) is 9.14. The molecule has 1 heterocycles. The highest BCUT2D eigenvalue weighted by Crippen LogP contribution is 2.30. The summed E-state index contributed by atoms with van der Waals surface area (Å²) in [5.74, 6) is -0.333. The van der Waals surface area contributed by atoms with Crippen molar-refractivity contribution in [3.05, 3.63) is 41.9 Å². The van der Waals surface area contributed by atoms with Gasteiger partial charge in [-0.2, -0.15) is 0 Å². The van der Waals surface area contributed by atoms with E-state index in [0.717, 1.165) is 5.56 Å². The molecular weight excluding hydrogens is 230 g/mol. The minimum atomic E-state index is -1.08. The van der Waals surface area contributed by atoms with Gasteiger partial charge in [0.05, 0.1) is 0 Å². The minimum Gasteiger partial charge on any atom is -0.476 e. The lowest BCUT2D eigenvalue weighted by atomic mass is 9.97. The van der Waals surface area contributed by atoms with Crippen molar-refractivity contribution in [3.8, 4) is 11.3 Å². The van der Waals surface area contributed by atoms with Crippen LogP contribution in [0.4, 0.5) is 0 Å². The first kappa shape index (κ1) is 12.4. The summed E-state index contributed by atoms with van der Waals surface area (Å²) in [6.07, 6.45) is 0. The second-order valence-corrected chi connectivity index (χ2v) is 5.12. The maximum atomic E-state index is 11.2. The Morgan fingerprint density at radius 1 is 1.22 bits per heavy atom. The zero-order valence-corrected chi connectivity index (χ0v) is 10.6. The van der Waals surface area contributed by atoms with Crippen molar-refractivity contribution in [1.82, 2.24) is 4.98 Å². The van der Waals surface area contributed by atoms with Crippen LogP contribution in [-0.2, 0) is 5.41 Å². The van der Waals surface area contributed by atoms with E-state index in [-0.39, 0.29) is 11.1 Å². The van der Waals surface area contributed by atoms with Crippen LogP contribution in [-0.4, -0.2) is 16.1 Å². The second-order valence-electron chi connectivity index (χ2n) is 5.12. The molecule has 0 aliphatic heterocycles. The molecule has 0 radical (unpaired) electrons. The Balaban J connectivity index is 2.60. The van der Waals surface area contributed by atoms with Crippen LogP contribution in [0.15, 0.2) is 34.7 Å². The van der Waals surface area contributed by atoms with Gasteiger partial charge >= 0.3 is 5.97 Å². The first-order chi connectivity index (χ1) is 8.39. The van der Waals surface area contributed by atoms with Crippen molar-refractivity contribution in [2.75, 3.05) is 0 Å². The van der Waals surface area contributed by atoms with E-state index in [0.29, 0.717) is 11.7 Å². The molecular formula is C14H15NO3. The van der Waals surface area contributed by atoms with Crippen LogP contribution in [0.25, 0.3) is 11.3 Å². The normalized spacial score (nSPS) is 11.5. The number of hydrogen-bond donors (Lipinski definition) is 1. The fraction of sp³-hybridized carbons (Fsp3) is 0.286. The van der Waals surface area contributed by atoms with Crippen LogP contribution >= 0.6 is 0 Å². The van der Waals surface area contributed by atoms with Crippen molar-refractivity contribution in [1.29, 1.82) is 0 Å². The molecule has 1 aromatic carbocycles. The van der Waals surface area contributed by atoms with E-state index in [9.17, 15) is 9.90 Å². The fourth-order valence-corrected chi connectivity index (χ4v) is 1.57. The summed E-state index contributed by atoms with van der Waals surface area (Å²) < 4.78 is 5.63. The van der Waals surface area contributed by atoms with Gasteiger partial charge in [-0.15, -0.1) is 0 Å². The molecule has 1 aromatic heterocycles. The summed E-state index contributed by atoms with van der Waals surface area (Å²) in [6.45, 7) is 5.79. The molecule has 0 unspecified atom stereocenters. The third-order valence-corrected chi connectivity index (χ3v) is 2.51. The topological polar surface area (TPSA) is 63.3 Å². The lowest BCUT2D eigenvalue weighted by Crippen LogP contribution is -2.12. The smallest absolute Gasteiger partial charge is 0.358 e. The van der Waals surface area contributed by atoms with Crippen LogP contribution in [0.5, 0.6) is 0 Å². The zero-order chi connectivity index (χ0) is 13.3. The minimum absolute atomic E-state index is 0.0360. The highest BCUT2D eigenvalue weighted by atomic mass is 16.4. The molecule has 0 spiro atoms. The first-order valence-electron chi connectivity index (χ1n) is 5.69. The number of aromatic nitrogens is 1. The third kappa shape index (κ3) is 2.27. The quantitative estimate of drug-likeness (QED) is 0.881. The molecule has 1 N–H and O–H groups in total. The summed E-state index contributed by atoms with van der Waals surface area (Å²) in [5.41, 5.74) is 0.362. The van der Waals surface area contributed by atoms with Crippen molar-refractivity contribution < 1.29 is 14.3 Å². The molecule has 0 fully saturated rings. The van der Waals surface area contributed by atoms with Crippen molar-refractivity contribution >= 4 is 5.97 Å². The van der Waals surface area contributed by atoms with Gasteiger partial charge in [0.25, 0.3) is 0 Å². The van der Waals surface area contributed by atoms with Gasteiger partial charge in [-0.1, -0.05) is 51.1 Å². The van der Waals surface area contributed by atoms with Gasteiger partial charge in [-0.25, -0.2) is 9.78 Å². The summed E-state index contributed by atoms with van der Waals surface area (Å²) in [7, 11) is 0. The Morgan fingerprint density at radius 2 is 1.83 bits per heavy atom. The number of oxazole rings is 1. The molecule has 0 aliphatic rings. The van der Waals surface area contributed by atoms with Gasteiger partial charge in [0.15, 0.2) is 11.5 Å². The molecule has 0 bridgehead atoms. The molecule has 0 atom stereocenters. The zero-order valence-electron chi connectivity index (χ0n) is 10.6. The first-order valence-corrected chi connectivity index (χ1v) is 5.69. The molecule has 4 nitrogen and oxygen atoms in total. The lowest BCUT2D eigenvalue weighted by molar-refractivity contribution is 0.0691. The predicted octanol–water partition coefficient (Wildman–Crippen LogP) is 3.34. The fourth-order valence-electron chi connectivity index (χ4n) is 1.57. The average Bonchev–Trinajstić information content (AvgIpc) is 2.74. The number of nitrogens with zero attached hydrogens (tertiary/aromatic N) is 1. The molecule has 4 heteroatoms. The van der Waals surface area contributed by atoms with E-state index in [4.69, 9.17) is 4.42 Å². The van der Waals surface area contributed by atoms with Gasteiger partial charge in [0.1, 0.15) is 0 Å². The Hall–Kier alpha value is -2.10. The standard InChI is InChI=1S/C14H15NO3/c1-14(2,3)13-15-10(12(16)17)11(18-13)9-7-5-4-6-8-9/h4-8H,1-3H3,(H,16,17). The number of carboxylic acids is 1. The number of hydrogen-bond acceptors (Lipinski definition) is 3. The Morgan fingerprint density at radius 3 is 2.33 bits per heavy atom. The maximum Gasteiger partial charge on any atom is 0.358 e. The summed E-state index contributed by atoms with van der Waals surface area (Å²) in [4.78, 5) is 15.3. The van der Waals surface area contributed by atoms with Crippen molar-refractivity contribution in [3.63, 3.8) is 0 Å². The second kappa shape index (κ2) is 4.29. The van der Waals surface area contributed by atoms with Gasteiger partial charge in [0, 0.05) is 11.0 Å². The van der Waals surface area contributed by atoms with E-state index in [1.54, 1.807) is 12.1 Å². The summed E-state index contributed by atoms with van der Waals surface area (Å²) >= 11 is 0. The molecule has 94 valence electrons. The summed E-state index contributed by atoms with van der Waals surface area (Å²) in [5, 5.41) is 9.18. The third-order valence-electron chi connectivity index (χ3n) is 2.51. The van der Waals surface area contributed by atoms with Crippen LogP contribution in [0.3, 0.4) is 0 Å². The lowest BCUT2D eigenvalue weighted by Gasteiger charge is -2.11. The highest BCUT2D eigenvalue weighted by molar-refractivity contribution is 5.92. The highest BCUT2D eigenvalue weighted by Gasteiger charge is 2.27. The SMILES string of the molecule is CC(C)(C)c1nc(C(=O)O)c(-c2ccccc2)o1. The Labute approximate surface area is 105 Å². The molecule has 2 aromatic rings. The van der Waals surface area contributed by atoms with Crippen LogP contribution < -0.4 is 0 Å². The number of carbonyl (C=O) groups is 1. The Bertz CT molecular complexity index is 564. The van der Waals surface area contributed by atoms with Crippen molar-refractivity contribution in [2.24, 2.45) is 0 Å². The molecule has 0 amide bonds.